The Morgan fingerprint density at radius 2 is 2.08 bits per heavy atom. The second-order valence-electron chi connectivity index (χ2n) is 7.57. The molecule has 3 heterocycles. The highest BCUT2D eigenvalue weighted by Crippen LogP contribution is 2.36. The molecule has 2 aromatic rings. The molecule has 2 aromatic heterocycles. The largest absolute Gasteiger partial charge is 0.465 e. The van der Waals surface area contributed by atoms with Crippen LogP contribution in [0, 0.1) is 18.8 Å². The number of ether oxygens (including phenoxy) is 1. The molecular formula is C19H25N3O3S. The number of nitrogens with zero attached hydrogens (tertiary/aromatic N) is 2. The molecule has 2 aliphatic rings. The maximum Gasteiger partial charge on any atom is 0.348 e. The first kappa shape index (κ1) is 17.7. The van der Waals surface area contributed by atoms with Gasteiger partial charge in [-0.2, -0.15) is 0 Å². The highest BCUT2D eigenvalue weighted by atomic mass is 32.1. The van der Waals surface area contributed by atoms with Crippen LogP contribution in [-0.2, 0) is 11.3 Å². The second-order valence-corrected chi connectivity index (χ2v) is 8.57. The Hall–Kier alpha value is -1.73. The maximum atomic E-state index is 12.6. The average Bonchev–Trinajstić information content (AvgIpc) is 2.98. The van der Waals surface area contributed by atoms with E-state index < -0.39 is 5.97 Å². The van der Waals surface area contributed by atoms with Crippen LogP contribution >= 0.6 is 11.3 Å². The molecule has 0 radical (unpaired) electrons. The van der Waals surface area contributed by atoms with Gasteiger partial charge in [0.1, 0.15) is 15.5 Å². The summed E-state index contributed by atoms with van der Waals surface area (Å²) < 4.78 is 4.81. The number of piperidine rings is 1. The summed E-state index contributed by atoms with van der Waals surface area (Å²) in [5.74, 6) is 1.96. The summed E-state index contributed by atoms with van der Waals surface area (Å²) in [6, 6.07) is 0. The quantitative estimate of drug-likeness (QED) is 0.835. The molecule has 0 spiro atoms. The number of H-pyrrole nitrogens is 1. The van der Waals surface area contributed by atoms with Crippen LogP contribution in [0.1, 0.15) is 53.2 Å². The third kappa shape index (κ3) is 3.18. The lowest BCUT2D eigenvalue weighted by Gasteiger charge is -2.41. The van der Waals surface area contributed by atoms with E-state index in [0.717, 1.165) is 24.9 Å². The molecule has 26 heavy (non-hydrogen) atoms. The summed E-state index contributed by atoms with van der Waals surface area (Å²) in [6.07, 6.45) is 6.69. The molecule has 0 unspecified atom stereocenters. The lowest BCUT2D eigenvalue weighted by molar-refractivity contribution is 0.0605. The van der Waals surface area contributed by atoms with Crippen LogP contribution < -0.4 is 5.56 Å². The number of carbonyl (C=O) groups excluding carboxylic acids is 1. The zero-order valence-corrected chi connectivity index (χ0v) is 16.2. The maximum absolute atomic E-state index is 12.6. The van der Waals surface area contributed by atoms with Gasteiger partial charge < -0.3 is 9.72 Å². The number of hydrogen-bond acceptors (Lipinski definition) is 6. The van der Waals surface area contributed by atoms with Crippen LogP contribution in [0.2, 0.25) is 0 Å². The van der Waals surface area contributed by atoms with E-state index in [1.807, 2.05) is 0 Å². The Balaban J connectivity index is 1.57. The van der Waals surface area contributed by atoms with Gasteiger partial charge in [0.25, 0.3) is 5.56 Å². The van der Waals surface area contributed by atoms with Gasteiger partial charge in [-0.25, -0.2) is 9.78 Å². The van der Waals surface area contributed by atoms with Crippen molar-refractivity contribution in [3.63, 3.8) is 0 Å². The van der Waals surface area contributed by atoms with Gasteiger partial charge in [0.15, 0.2) is 0 Å². The minimum Gasteiger partial charge on any atom is -0.465 e. The van der Waals surface area contributed by atoms with E-state index in [2.05, 4.69) is 14.9 Å². The zero-order valence-electron chi connectivity index (χ0n) is 15.3. The Labute approximate surface area is 156 Å². The normalized spacial score (nSPS) is 23.8. The molecule has 1 saturated carbocycles. The fraction of sp³-hybridized carbons (Fsp3) is 0.632. The summed E-state index contributed by atoms with van der Waals surface area (Å²) in [6.45, 7) is 4.61. The fourth-order valence-corrected chi connectivity index (χ4v) is 5.70. The van der Waals surface area contributed by atoms with E-state index in [9.17, 15) is 9.59 Å². The number of aryl methyl sites for hydroxylation is 1. The first-order chi connectivity index (χ1) is 12.6. The predicted octanol–water partition coefficient (Wildman–Crippen LogP) is 3.09. The van der Waals surface area contributed by atoms with Crippen molar-refractivity contribution in [2.24, 2.45) is 11.8 Å². The molecule has 2 fully saturated rings. The smallest absolute Gasteiger partial charge is 0.348 e. The van der Waals surface area contributed by atoms with Gasteiger partial charge in [0.05, 0.1) is 19.0 Å². The van der Waals surface area contributed by atoms with Crippen LogP contribution in [0.3, 0.4) is 0 Å². The Morgan fingerprint density at radius 3 is 2.85 bits per heavy atom. The van der Waals surface area contributed by atoms with Crippen molar-refractivity contribution in [1.29, 1.82) is 0 Å². The summed E-state index contributed by atoms with van der Waals surface area (Å²) in [5.41, 5.74) is 0.488. The molecule has 4 rings (SSSR count). The van der Waals surface area contributed by atoms with E-state index in [0.29, 0.717) is 33.0 Å². The fourth-order valence-electron chi connectivity index (χ4n) is 4.58. The molecule has 1 aliphatic carbocycles. The molecule has 1 aliphatic heterocycles. The van der Waals surface area contributed by atoms with Crippen molar-refractivity contribution >= 4 is 27.5 Å². The number of aromatic nitrogens is 2. The van der Waals surface area contributed by atoms with Crippen molar-refractivity contribution in [2.75, 3.05) is 20.2 Å². The number of methoxy groups -OCH3 is 1. The average molecular weight is 375 g/mol. The van der Waals surface area contributed by atoms with Crippen molar-refractivity contribution in [3.8, 4) is 0 Å². The minimum absolute atomic E-state index is 0.165. The third-order valence-electron chi connectivity index (χ3n) is 5.97. The third-order valence-corrected chi connectivity index (χ3v) is 7.13. The zero-order chi connectivity index (χ0) is 18.3. The summed E-state index contributed by atoms with van der Waals surface area (Å²) >= 11 is 1.24. The van der Waals surface area contributed by atoms with Crippen LogP contribution in [0.15, 0.2) is 4.79 Å². The predicted molar refractivity (Wildman–Crippen MR) is 102 cm³/mol. The number of hydrogen-bond donors (Lipinski definition) is 1. The van der Waals surface area contributed by atoms with Crippen LogP contribution in [0.4, 0.5) is 0 Å². The number of thiophene rings is 1. The van der Waals surface area contributed by atoms with E-state index in [4.69, 9.17) is 4.74 Å². The number of esters is 1. The highest BCUT2D eigenvalue weighted by Gasteiger charge is 2.31. The molecular weight excluding hydrogens is 350 g/mol. The summed E-state index contributed by atoms with van der Waals surface area (Å²) in [7, 11) is 1.35. The second kappa shape index (κ2) is 7.12. The van der Waals surface area contributed by atoms with Crippen LogP contribution in [-0.4, -0.2) is 41.0 Å². The monoisotopic (exact) mass is 375 g/mol. The number of carbonyl (C=O) groups is 1. The van der Waals surface area contributed by atoms with Gasteiger partial charge in [-0.3, -0.25) is 9.69 Å². The van der Waals surface area contributed by atoms with Gasteiger partial charge in [-0.15, -0.1) is 11.3 Å². The Kier molecular flexibility index (Phi) is 4.84. The van der Waals surface area contributed by atoms with Crippen molar-refractivity contribution in [3.05, 3.63) is 26.6 Å². The molecule has 0 amide bonds. The first-order valence-corrected chi connectivity index (χ1v) is 10.2. The molecule has 2 atom stereocenters. The number of likely N-dealkylation sites (tertiary alicyclic amines) is 1. The molecule has 0 bridgehead atoms. The lowest BCUT2D eigenvalue weighted by Crippen LogP contribution is -2.41. The topological polar surface area (TPSA) is 75.3 Å². The Bertz CT molecular complexity index is 888. The highest BCUT2D eigenvalue weighted by molar-refractivity contribution is 7.20. The van der Waals surface area contributed by atoms with Gasteiger partial charge >= 0.3 is 5.97 Å². The molecule has 6 nitrogen and oxygen atoms in total. The number of fused-ring (bicyclic) bond motifs is 2. The van der Waals surface area contributed by atoms with Crippen molar-refractivity contribution in [1.82, 2.24) is 14.9 Å². The van der Waals surface area contributed by atoms with Gasteiger partial charge in [0, 0.05) is 6.54 Å². The van der Waals surface area contributed by atoms with E-state index in [-0.39, 0.29) is 5.56 Å². The molecule has 140 valence electrons. The SMILES string of the molecule is COC(=O)c1sc2nc(CN3CC[C@H]4CCCC[C@@H]4C3)[nH]c(=O)c2c1C. The molecule has 1 N–H and O–H groups in total. The summed E-state index contributed by atoms with van der Waals surface area (Å²) in [5, 5.41) is 0.505. The minimum atomic E-state index is -0.411. The number of rotatable bonds is 3. The van der Waals surface area contributed by atoms with Crippen LogP contribution in [0.5, 0.6) is 0 Å². The number of nitrogens with one attached hydrogen (secondary N) is 1. The molecule has 0 aromatic carbocycles. The standard InChI is InChI=1S/C19H25N3O3S/c1-11-15-17(23)20-14(21-18(15)26-16(11)19(24)25-2)10-22-8-7-12-5-3-4-6-13(12)9-22/h12-13H,3-10H2,1-2H3,(H,20,21,23)/t12-,13-/m1/s1. The summed E-state index contributed by atoms with van der Waals surface area (Å²) in [4.78, 5) is 35.5. The first-order valence-electron chi connectivity index (χ1n) is 9.39. The molecule has 1 saturated heterocycles. The number of aromatic amines is 1. The van der Waals surface area contributed by atoms with E-state index >= 15 is 0 Å². The van der Waals surface area contributed by atoms with E-state index in [1.54, 1.807) is 6.92 Å². The van der Waals surface area contributed by atoms with Crippen molar-refractivity contribution in [2.45, 2.75) is 45.6 Å². The lowest BCUT2D eigenvalue weighted by atomic mass is 9.75. The molecule has 7 heteroatoms. The van der Waals surface area contributed by atoms with Crippen LogP contribution in [0.25, 0.3) is 10.2 Å². The van der Waals surface area contributed by atoms with Gasteiger partial charge in [-0.1, -0.05) is 19.3 Å². The van der Waals surface area contributed by atoms with E-state index in [1.165, 1.54) is 50.6 Å². The van der Waals surface area contributed by atoms with Crippen molar-refractivity contribution < 1.29 is 9.53 Å². The van der Waals surface area contributed by atoms with Gasteiger partial charge in [0.2, 0.25) is 0 Å². The Morgan fingerprint density at radius 1 is 1.31 bits per heavy atom. The van der Waals surface area contributed by atoms with Gasteiger partial charge in [-0.05, 0) is 43.7 Å².